The third kappa shape index (κ3) is 5.86. The highest BCUT2D eigenvalue weighted by Gasteiger charge is 2.37. The lowest BCUT2D eigenvalue weighted by atomic mass is 10.2. The van der Waals surface area contributed by atoms with Crippen molar-refractivity contribution in [3.63, 3.8) is 0 Å². The van der Waals surface area contributed by atoms with Gasteiger partial charge in [-0.05, 0) is 45.0 Å². The van der Waals surface area contributed by atoms with Crippen LogP contribution < -0.4 is 14.2 Å². The molecule has 1 aromatic carbocycles. The number of hydrogen-bond acceptors (Lipinski definition) is 10. The summed E-state index contributed by atoms with van der Waals surface area (Å²) in [6.45, 7) is 6.28. The maximum atomic E-state index is 14.0. The number of ether oxygens (including phenoxy) is 5. The molecule has 0 radical (unpaired) electrons. The Hall–Kier alpha value is -3.72. The van der Waals surface area contributed by atoms with Crippen LogP contribution in [0.1, 0.15) is 44.5 Å². The number of pyridine rings is 1. The van der Waals surface area contributed by atoms with E-state index in [1.165, 1.54) is 18.8 Å². The van der Waals surface area contributed by atoms with Crippen LogP contribution >= 0.6 is 0 Å². The van der Waals surface area contributed by atoms with Crippen molar-refractivity contribution in [1.82, 2.24) is 24.1 Å². The Morgan fingerprint density at radius 3 is 2.41 bits per heavy atom. The molecule has 1 fully saturated rings. The zero-order chi connectivity index (χ0) is 29.1. The molecule has 0 aliphatic carbocycles. The number of methoxy groups -OCH3 is 2. The minimum atomic E-state index is -4.13. The van der Waals surface area contributed by atoms with Crippen LogP contribution in [0.2, 0.25) is 0 Å². The second-order valence-corrected chi connectivity index (χ2v) is 11.8. The minimum absolute atomic E-state index is 0.0675. The van der Waals surface area contributed by atoms with E-state index in [0.717, 1.165) is 0 Å². The predicted octanol–water partition coefficient (Wildman–Crippen LogP) is 3.32. The summed E-state index contributed by atoms with van der Waals surface area (Å²) in [4.78, 5) is 4.63. The average Bonchev–Trinajstić information content (AvgIpc) is 3.59. The van der Waals surface area contributed by atoms with Gasteiger partial charge in [-0.2, -0.15) is 0 Å². The van der Waals surface area contributed by atoms with Gasteiger partial charge in [0.15, 0.2) is 5.82 Å². The normalized spacial score (nSPS) is 17.5. The molecule has 1 aliphatic heterocycles. The first kappa shape index (κ1) is 28.8. The van der Waals surface area contributed by atoms with E-state index >= 15 is 0 Å². The van der Waals surface area contributed by atoms with Gasteiger partial charge in [0.2, 0.25) is 16.0 Å². The van der Waals surface area contributed by atoms with E-state index in [-0.39, 0.29) is 18.7 Å². The van der Waals surface area contributed by atoms with E-state index in [4.69, 9.17) is 23.7 Å². The van der Waals surface area contributed by atoms with Gasteiger partial charge in [-0.3, -0.25) is 9.29 Å². The Morgan fingerprint density at radius 1 is 1.02 bits per heavy atom. The van der Waals surface area contributed by atoms with Crippen molar-refractivity contribution in [2.75, 3.05) is 38.8 Å². The standard InChI is InChI=1S/C27H34N6O7S/c1-17(2)40-25(19-15-32-12-7-6-11-23(32)28-19)18(3)41(34,35)31-27-30-29-26(22-16-38-13-14-39-22)33(27)24-20(36-4)9-8-10-21(24)37-5/h6-12,15,17-18,22,25H,13-14,16H2,1-5H3,(H,30,31). The minimum Gasteiger partial charge on any atom is -0.494 e. The number of anilines is 1. The number of imidazole rings is 1. The molecule has 220 valence electrons. The lowest BCUT2D eigenvalue weighted by Gasteiger charge is -2.26. The summed E-state index contributed by atoms with van der Waals surface area (Å²) in [7, 11) is -1.11. The Morgan fingerprint density at radius 2 is 1.78 bits per heavy atom. The van der Waals surface area contributed by atoms with Gasteiger partial charge in [0.05, 0.1) is 45.8 Å². The van der Waals surface area contributed by atoms with E-state index in [9.17, 15) is 8.42 Å². The van der Waals surface area contributed by atoms with Crippen molar-refractivity contribution >= 4 is 21.6 Å². The molecule has 0 spiro atoms. The lowest BCUT2D eigenvalue weighted by molar-refractivity contribution is -0.0941. The van der Waals surface area contributed by atoms with Crippen molar-refractivity contribution < 1.29 is 32.1 Å². The molecule has 41 heavy (non-hydrogen) atoms. The van der Waals surface area contributed by atoms with Crippen molar-refractivity contribution in [3.8, 4) is 17.2 Å². The molecule has 3 aromatic heterocycles. The van der Waals surface area contributed by atoms with Crippen LogP contribution in [0, 0.1) is 0 Å². The number of nitrogens with zero attached hydrogens (tertiary/aromatic N) is 5. The molecule has 1 N–H and O–H groups in total. The van der Waals surface area contributed by atoms with Gasteiger partial charge in [0.1, 0.15) is 40.3 Å². The molecular weight excluding hydrogens is 552 g/mol. The summed E-state index contributed by atoms with van der Waals surface area (Å²) in [5.41, 5.74) is 1.58. The first-order valence-corrected chi connectivity index (χ1v) is 14.7. The van der Waals surface area contributed by atoms with Gasteiger partial charge >= 0.3 is 0 Å². The molecule has 13 nitrogen and oxygen atoms in total. The Bertz CT molecular complexity index is 1540. The first-order chi connectivity index (χ1) is 19.7. The number of para-hydroxylation sites is 1. The molecule has 0 bridgehead atoms. The summed E-state index contributed by atoms with van der Waals surface area (Å²) >= 11 is 0. The van der Waals surface area contributed by atoms with E-state index in [1.54, 1.807) is 31.3 Å². The van der Waals surface area contributed by atoms with Crippen LogP contribution in [0.5, 0.6) is 11.5 Å². The van der Waals surface area contributed by atoms with Gasteiger partial charge in [0, 0.05) is 12.4 Å². The highest BCUT2D eigenvalue weighted by Crippen LogP contribution is 2.38. The SMILES string of the molecule is COc1cccc(OC)c1-n1c(NS(=O)(=O)C(C)C(OC(C)C)c2cn3ccccc3n2)nnc1C1COCCO1. The van der Waals surface area contributed by atoms with Crippen LogP contribution in [0.25, 0.3) is 11.3 Å². The second kappa shape index (κ2) is 12.0. The van der Waals surface area contributed by atoms with E-state index < -0.39 is 27.5 Å². The van der Waals surface area contributed by atoms with Crippen LogP contribution in [0.4, 0.5) is 5.95 Å². The van der Waals surface area contributed by atoms with Crippen molar-refractivity contribution in [3.05, 3.63) is 60.3 Å². The average molecular weight is 587 g/mol. The van der Waals surface area contributed by atoms with Crippen molar-refractivity contribution in [2.45, 2.75) is 44.3 Å². The van der Waals surface area contributed by atoms with Crippen molar-refractivity contribution in [2.24, 2.45) is 0 Å². The van der Waals surface area contributed by atoms with E-state index in [1.807, 2.05) is 42.6 Å². The number of fused-ring (bicyclic) bond motifs is 1. The Kier molecular flexibility index (Phi) is 8.45. The fourth-order valence-electron chi connectivity index (χ4n) is 4.67. The largest absolute Gasteiger partial charge is 0.494 e. The fourth-order valence-corrected chi connectivity index (χ4v) is 5.77. The van der Waals surface area contributed by atoms with Crippen LogP contribution in [0.3, 0.4) is 0 Å². The molecule has 5 rings (SSSR count). The van der Waals surface area contributed by atoms with Gasteiger partial charge in [-0.1, -0.05) is 12.1 Å². The fraction of sp³-hybridized carbons (Fsp3) is 0.444. The Labute approximate surface area is 238 Å². The van der Waals surface area contributed by atoms with Gasteiger partial charge in [0.25, 0.3) is 0 Å². The molecule has 3 unspecified atom stereocenters. The van der Waals surface area contributed by atoms with Crippen LogP contribution in [-0.2, 0) is 24.2 Å². The number of rotatable bonds is 11. The zero-order valence-electron chi connectivity index (χ0n) is 23.6. The molecule has 1 saturated heterocycles. The summed E-state index contributed by atoms with van der Waals surface area (Å²) in [6.07, 6.45) is 1.88. The number of nitrogens with one attached hydrogen (secondary N) is 1. The molecule has 14 heteroatoms. The highest BCUT2D eigenvalue weighted by atomic mass is 32.2. The van der Waals surface area contributed by atoms with Gasteiger partial charge in [-0.15, -0.1) is 10.2 Å². The number of hydrogen-bond donors (Lipinski definition) is 1. The van der Waals surface area contributed by atoms with Gasteiger partial charge in [-0.25, -0.2) is 13.4 Å². The highest BCUT2D eigenvalue weighted by molar-refractivity contribution is 7.93. The van der Waals surface area contributed by atoms with E-state index in [2.05, 4.69) is 19.9 Å². The molecule has 0 saturated carbocycles. The maximum absolute atomic E-state index is 14.0. The molecule has 3 atom stereocenters. The number of benzene rings is 1. The maximum Gasteiger partial charge on any atom is 0.243 e. The summed E-state index contributed by atoms with van der Waals surface area (Å²) in [6, 6.07) is 10.8. The summed E-state index contributed by atoms with van der Waals surface area (Å²) in [5.74, 6) is 1.10. The third-order valence-electron chi connectivity index (χ3n) is 6.66. The van der Waals surface area contributed by atoms with Crippen molar-refractivity contribution in [1.29, 1.82) is 0 Å². The molecule has 1 aliphatic rings. The third-order valence-corrected chi connectivity index (χ3v) is 8.35. The smallest absolute Gasteiger partial charge is 0.243 e. The quantitative estimate of drug-likeness (QED) is 0.278. The number of sulfonamides is 1. The topological polar surface area (TPSA) is 140 Å². The van der Waals surface area contributed by atoms with E-state index in [0.29, 0.717) is 47.6 Å². The van der Waals surface area contributed by atoms with Crippen LogP contribution in [-0.4, -0.2) is 78.0 Å². The molecular formula is C27H34N6O7S. The van der Waals surface area contributed by atoms with Gasteiger partial charge < -0.3 is 28.1 Å². The Balaban J connectivity index is 1.57. The molecule has 4 heterocycles. The summed E-state index contributed by atoms with van der Waals surface area (Å²) in [5, 5.41) is 7.47. The summed E-state index contributed by atoms with van der Waals surface area (Å²) < 4.78 is 62.8. The van der Waals surface area contributed by atoms with Crippen LogP contribution in [0.15, 0.2) is 48.8 Å². The monoisotopic (exact) mass is 586 g/mol. The lowest BCUT2D eigenvalue weighted by Crippen LogP contribution is -2.34. The first-order valence-electron chi connectivity index (χ1n) is 13.2. The predicted molar refractivity (Wildman–Crippen MR) is 150 cm³/mol. The molecule has 4 aromatic rings. The second-order valence-electron chi connectivity index (χ2n) is 9.75. The number of aromatic nitrogens is 5. The zero-order valence-corrected chi connectivity index (χ0v) is 24.4. The molecule has 0 amide bonds.